The first-order chi connectivity index (χ1) is 7.02. The van der Waals surface area contributed by atoms with E-state index in [1.54, 1.807) is 19.1 Å². The number of hydrogen-bond acceptors (Lipinski definition) is 3. The zero-order valence-corrected chi connectivity index (χ0v) is 9.16. The largest absolute Gasteiger partial charge is 0.386 e. The summed E-state index contributed by atoms with van der Waals surface area (Å²) in [7, 11) is 0. The molecule has 0 aliphatic carbocycles. The van der Waals surface area contributed by atoms with Gasteiger partial charge in [-0.25, -0.2) is 0 Å². The van der Waals surface area contributed by atoms with Crippen LogP contribution in [-0.2, 0) is 0 Å². The van der Waals surface area contributed by atoms with Crippen molar-refractivity contribution in [3.63, 3.8) is 0 Å². The maximum atomic E-state index is 10.6. The van der Waals surface area contributed by atoms with Crippen molar-refractivity contribution in [1.82, 2.24) is 0 Å². The fourth-order valence-electron chi connectivity index (χ4n) is 1.77. The Kier molecular flexibility index (Phi) is 2.44. The number of rotatable bonds is 2. The molecule has 4 heteroatoms. The van der Waals surface area contributed by atoms with Crippen molar-refractivity contribution >= 4 is 23.6 Å². The second kappa shape index (κ2) is 3.51. The van der Waals surface area contributed by atoms with Gasteiger partial charge in [0.25, 0.3) is 0 Å². The fraction of sp³-hybridized carbons (Fsp3) is 0.364. The van der Waals surface area contributed by atoms with E-state index in [2.05, 4.69) is 0 Å². The molecule has 0 amide bonds. The van der Waals surface area contributed by atoms with Crippen LogP contribution in [0.4, 0.5) is 5.69 Å². The molecule has 1 aromatic carbocycles. The average Bonchev–Trinajstić information content (AvgIpc) is 2.14. The molecule has 0 saturated carbocycles. The van der Waals surface area contributed by atoms with Crippen LogP contribution in [0.5, 0.6) is 0 Å². The van der Waals surface area contributed by atoms with Crippen LogP contribution in [0.2, 0.25) is 5.02 Å². The summed E-state index contributed by atoms with van der Waals surface area (Å²) in [5.74, 6) is 0. The molecule has 0 spiro atoms. The van der Waals surface area contributed by atoms with E-state index in [4.69, 9.17) is 11.6 Å². The molecule has 3 nitrogen and oxygen atoms in total. The van der Waals surface area contributed by atoms with E-state index in [0.29, 0.717) is 23.7 Å². The van der Waals surface area contributed by atoms with Gasteiger partial charge in [0.15, 0.2) is 6.29 Å². The highest BCUT2D eigenvalue weighted by Crippen LogP contribution is 2.29. The van der Waals surface area contributed by atoms with Crippen LogP contribution in [0.3, 0.4) is 0 Å². The molecule has 1 heterocycles. The van der Waals surface area contributed by atoms with Crippen LogP contribution < -0.4 is 4.90 Å². The molecule has 1 saturated heterocycles. The van der Waals surface area contributed by atoms with Crippen LogP contribution in [0.1, 0.15) is 17.3 Å². The number of halogens is 1. The summed E-state index contributed by atoms with van der Waals surface area (Å²) in [6.45, 7) is 3.00. The van der Waals surface area contributed by atoms with Crippen molar-refractivity contribution in [2.75, 3.05) is 18.0 Å². The quantitative estimate of drug-likeness (QED) is 0.780. The zero-order chi connectivity index (χ0) is 11.1. The van der Waals surface area contributed by atoms with Gasteiger partial charge in [0.05, 0.1) is 10.6 Å². The van der Waals surface area contributed by atoms with E-state index < -0.39 is 5.60 Å². The summed E-state index contributed by atoms with van der Waals surface area (Å²) in [6, 6.07) is 5.28. The lowest BCUT2D eigenvalue weighted by Gasteiger charge is -2.45. The number of hydrogen-bond donors (Lipinski definition) is 1. The summed E-state index contributed by atoms with van der Waals surface area (Å²) in [5, 5.41) is 10.0. The Morgan fingerprint density at radius 3 is 2.67 bits per heavy atom. The van der Waals surface area contributed by atoms with E-state index in [1.165, 1.54) is 0 Å². The molecule has 0 radical (unpaired) electrons. The summed E-state index contributed by atoms with van der Waals surface area (Å²) in [6.07, 6.45) is 0.735. The molecule has 0 unspecified atom stereocenters. The van der Waals surface area contributed by atoms with E-state index >= 15 is 0 Å². The molecule has 15 heavy (non-hydrogen) atoms. The minimum absolute atomic E-state index is 0.453. The first-order valence-corrected chi connectivity index (χ1v) is 5.12. The van der Waals surface area contributed by atoms with E-state index in [9.17, 15) is 9.90 Å². The monoisotopic (exact) mass is 225 g/mol. The van der Waals surface area contributed by atoms with Gasteiger partial charge in [-0.2, -0.15) is 0 Å². The second-order valence-corrected chi connectivity index (χ2v) is 4.58. The smallest absolute Gasteiger partial charge is 0.151 e. The van der Waals surface area contributed by atoms with E-state index in [1.807, 2.05) is 11.0 Å². The molecule has 1 aliphatic rings. The molecule has 0 atom stereocenters. The third-order valence-corrected chi connectivity index (χ3v) is 2.87. The van der Waals surface area contributed by atoms with Crippen LogP contribution in [0, 0.1) is 0 Å². The number of carbonyl (C=O) groups excluding carboxylic acids is 1. The molecule has 2 rings (SSSR count). The highest BCUT2D eigenvalue weighted by atomic mass is 35.5. The molecule has 1 aromatic rings. The number of benzene rings is 1. The number of nitrogens with zero attached hydrogens (tertiary/aromatic N) is 1. The van der Waals surface area contributed by atoms with Crippen LogP contribution in [-0.4, -0.2) is 30.1 Å². The van der Waals surface area contributed by atoms with Gasteiger partial charge >= 0.3 is 0 Å². The maximum absolute atomic E-state index is 10.6. The Morgan fingerprint density at radius 2 is 2.20 bits per heavy atom. The Bertz CT molecular complexity index is 396. The van der Waals surface area contributed by atoms with Gasteiger partial charge in [0.1, 0.15) is 0 Å². The van der Waals surface area contributed by atoms with Gasteiger partial charge in [-0.3, -0.25) is 4.79 Å². The lowest BCUT2D eigenvalue weighted by molar-refractivity contribution is 0.0310. The van der Waals surface area contributed by atoms with Crippen molar-refractivity contribution < 1.29 is 9.90 Å². The SMILES string of the molecule is CC1(O)CN(c2ccc(C=O)c(Cl)c2)C1. The predicted octanol–water partition coefficient (Wildman–Crippen LogP) is 1.72. The molecule has 0 bridgehead atoms. The molecule has 1 aliphatic heterocycles. The fourth-order valence-corrected chi connectivity index (χ4v) is 1.99. The van der Waals surface area contributed by atoms with Crippen molar-refractivity contribution in [3.8, 4) is 0 Å². The first kappa shape index (κ1) is 10.5. The molecule has 1 N–H and O–H groups in total. The second-order valence-electron chi connectivity index (χ2n) is 4.18. The minimum atomic E-state index is -0.601. The van der Waals surface area contributed by atoms with Crippen molar-refractivity contribution in [3.05, 3.63) is 28.8 Å². The normalized spacial score (nSPS) is 18.5. The lowest BCUT2D eigenvalue weighted by atomic mass is 9.96. The van der Waals surface area contributed by atoms with E-state index in [0.717, 1.165) is 12.0 Å². The van der Waals surface area contributed by atoms with Crippen LogP contribution in [0.25, 0.3) is 0 Å². The molecular formula is C11H12ClNO2. The molecule has 0 aromatic heterocycles. The topological polar surface area (TPSA) is 40.5 Å². The van der Waals surface area contributed by atoms with Gasteiger partial charge in [-0.1, -0.05) is 11.6 Å². The lowest BCUT2D eigenvalue weighted by Crippen LogP contribution is -2.60. The highest BCUT2D eigenvalue weighted by Gasteiger charge is 2.36. The summed E-state index contributed by atoms with van der Waals surface area (Å²) in [4.78, 5) is 12.6. The van der Waals surface area contributed by atoms with Gasteiger partial charge in [-0.05, 0) is 25.1 Å². The van der Waals surface area contributed by atoms with E-state index in [-0.39, 0.29) is 0 Å². The summed E-state index contributed by atoms with van der Waals surface area (Å²) >= 11 is 5.91. The maximum Gasteiger partial charge on any atom is 0.151 e. The van der Waals surface area contributed by atoms with Crippen molar-refractivity contribution in [1.29, 1.82) is 0 Å². The summed E-state index contributed by atoms with van der Waals surface area (Å²) < 4.78 is 0. The zero-order valence-electron chi connectivity index (χ0n) is 8.40. The predicted molar refractivity (Wildman–Crippen MR) is 59.7 cm³/mol. The first-order valence-electron chi connectivity index (χ1n) is 4.74. The van der Waals surface area contributed by atoms with Crippen molar-refractivity contribution in [2.24, 2.45) is 0 Å². The third kappa shape index (κ3) is 1.98. The van der Waals surface area contributed by atoms with Gasteiger partial charge in [0.2, 0.25) is 0 Å². The number of anilines is 1. The minimum Gasteiger partial charge on any atom is -0.386 e. The number of aldehydes is 1. The molecule has 80 valence electrons. The van der Waals surface area contributed by atoms with Crippen molar-refractivity contribution in [2.45, 2.75) is 12.5 Å². The van der Waals surface area contributed by atoms with Gasteiger partial charge in [0, 0.05) is 24.3 Å². The van der Waals surface area contributed by atoms with Crippen LogP contribution in [0.15, 0.2) is 18.2 Å². The number of aliphatic hydroxyl groups is 1. The Labute approximate surface area is 93.3 Å². The van der Waals surface area contributed by atoms with Crippen LogP contribution >= 0.6 is 11.6 Å². The Morgan fingerprint density at radius 1 is 1.53 bits per heavy atom. The summed E-state index contributed by atoms with van der Waals surface area (Å²) in [5.41, 5.74) is 0.834. The standard InChI is InChI=1S/C11H12ClNO2/c1-11(15)6-13(7-11)9-3-2-8(5-14)10(12)4-9/h2-5,15H,6-7H2,1H3. The Hall–Kier alpha value is -1.06. The van der Waals surface area contributed by atoms with Gasteiger partial charge in [-0.15, -0.1) is 0 Å². The number of β-amino-alcohol motifs (C(OH)–C–C–N with tert-alkyl or cyclic N) is 1. The third-order valence-electron chi connectivity index (χ3n) is 2.54. The molecule has 1 fully saturated rings. The van der Waals surface area contributed by atoms with Gasteiger partial charge < -0.3 is 10.0 Å². The molecular weight excluding hydrogens is 214 g/mol. The Balaban J connectivity index is 2.18. The highest BCUT2D eigenvalue weighted by molar-refractivity contribution is 6.33. The average molecular weight is 226 g/mol. The number of carbonyl (C=O) groups is 1.